The third-order valence-corrected chi connectivity index (χ3v) is 3.68. The van der Waals surface area contributed by atoms with E-state index in [4.69, 9.17) is 0 Å². The van der Waals surface area contributed by atoms with Crippen LogP contribution in [0.1, 0.15) is 40.5 Å². The minimum atomic E-state index is -3.12. The van der Waals surface area contributed by atoms with Crippen LogP contribution in [0, 0.1) is 5.92 Å². The second-order valence-corrected chi connectivity index (χ2v) is 6.59. The summed E-state index contributed by atoms with van der Waals surface area (Å²) in [4.78, 5) is 0. The molecule has 0 spiro atoms. The van der Waals surface area contributed by atoms with Gasteiger partial charge in [-0.05, 0) is 32.2 Å². The number of rotatable bonds is 9. The molecule has 0 heterocycles. The second kappa shape index (κ2) is 8.03. The zero-order chi connectivity index (χ0) is 12.6. The first-order valence-corrected chi connectivity index (χ1v) is 7.73. The highest BCUT2D eigenvalue weighted by Gasteiger charge is 2.14. The van der Waals surface area contributed by atoms with E-state index in [1.54, 1.807) is 0 Å². The molecule has 5 heteroatoms. The first kappa shape index (κ1) is 15.9. The van der Waals surface area contributed by atoms with E-state index in [0.717, 1.165) is 19.4 Å². The zero-order valence-electron chi connectivity index (χ0n) is 10.9. The molecule has 2 N–H and O–H groups in total. The minimum Gasteiger partial charge on any atom is -0.316 e. The Bertz CT molecular complexity index is 263. The van der Waals surface area contributed by atoms with Crippen LogP contribution in [-0.4, -0.2) is 33.3 Å². The number of hydrogen-bond acceptors (Lipinski definition) is 3. The normalized spacial score (nSPS) is 14.3. The standard InChI is InChI=1S/C11H26N2O2S/c1-5-6-12-7-8-16(14,15)13-11(4)9-10(2)3/h10-13H,5-9H2,1-4H3. The summed E-state index contributed by atoms with van der Waals surface area (Å²) in [5.41, 5.74) is 0. The van der Waals surface area contributed by atoms with E-state index < -0.39 is 10.0 Å². The van der Waals surface area contributed by atoms with Crippen LogP contribution in [0.25, 0.3) is 0 Å². The molecule has 1 atom stereocenters. The Morgan fingerprint density at radius 3 is 2.25 bits per heavy atom. The summed E-state index contributed by atoms with van der Waals surface area (Å²) >= 11 is 0. The van der Waals surface area contributed by atoms with Crippen LogP contribution in [0.4, 0.5) is 0 Å². The largest absolute Gasteiger partial charge is 0.316 e. The molecule has 0 saturated carbocycles. The van der Waals surface area contributed by atoms with E-state index in [2.05, 4.69) is 30.8 Å². The van der Waals surface area contributed by atoms with Gasteiger partial charge in [0.15, 0.2) is 0 Å². The molecular formula is C11H26N2O2S. The van der Waals surface area contributed by atoms with Gasteiger partial charge in [-0.2, -0.15) is 0 Å². The molecule has 0 aromatic heterocycles. The number of sulfonamides is 1. The van der Waals surface area contributed by atoms with Gasteiger partial charge in [0.1, 0.15) is 0 Å². The Kier molecular flexibility index (Phi) is 7.97. The summed E-state index contributed by atoms with van der Waals surface area (Å²) in [6, 6.07) is 0.0242. The fraction of sp³-hybridized carbons (Fsp3) is 1.00. The third-order valence-electron chi connectivity index (χ3n) is 2.18. The summed E-state index contributed by atoms with van der Waals surface area (Å²) in [5.74, 6) is 0.672. The molecule has 0 radical (unpaired) electrons. The highest BCUT2D eigenvalue weighted by atomic mass is 32.2. The van der Waals surface area contributed by atoms with Gasteiger partial charge in [-0.1, -0.05) is 20.8 Å². The van der Waals surface area contributed by atoms with Crippen molar-refractivity contribution in [3.05, 3.63) is 0 Å². The van der Waals surface area contributed by atoms with Gasteiger partial charge in [-0.15, -0.1) is 0 Å². The predicted molar refractivity (Wildman–Crippen MR) is 69.0 cm³/mol. The van der Waals surface area contributed by atoms with Crippen molar-refractivity contribution >= 4 is 10.0 Å². The highest BCUT2D eigenvalue weighted by Crippen LogP contribution is 2.04. The number of nitrogens with one attached hydrogen (secondary N) is 2. The van der Waals surface area contributed by atoms with Crippen molar-refractivity contribution in [1.82, 2.24) is 10.0 Å². The molecule has 0 aliphatic carbocycles. The monoisotopic (exact) mass is 250 g/mol. The lowest BCUT2D eigenvalue weighted by Crippen LogP contribution is -2.38. The van der Waals surface area contributed by atoms with Crippen molar-refractivity contribution in [2.24, 2.45) is 5.92 Å². The number of hydrogen-bond donors (Lipinski definition) is 2. The Morgan fingerprint density at radius 1 is 1.12 bits per heavy atom. The van der Waals surface area contributed by atoms with Crippen LogP contribution in [0.5, 0.6) is 0 Å². The third kappa shape index (κ3) is 9.12. The molecule has 0 aromatic carbocycles. The van der Waals surface area contributed by atoms with Gasteiger partial charge < -0.3 is 5.32 Å². The highest BCUT2D eigenvalue weighted by molar-refractivity contribution is 7.89. The molecule has 16 heavy (non-hydrogen) atoms. The smallest absolute Gasteiger partial charge is 0.213 e. The molecule has 0 amide bonds. The Hall–Kier alpha value is -0.130. The summed E-state index contributed by atoms with van der Waals surface area (Å²) in [7, 11) is -3.12. The molecule has 0 aliphatic heterocycles. The van der Waals surface area contributed by atoms with Crippen LogP contribution in [-0.2, 0) is 10.0 Å². The van der Waals surface area contributed by atoms with Crippen molar-refractivity contribution in [2.45, 2.75) is 46.6 Å². The molecular weight excluding hydrogens is 224 g/mol. The first-order chi connectivity index (χ1) is 7.37. The average Bonchev–Trinajstić information content (AvgIpc) is 2.10. The van der Waals surface area contributed by atoms with Gasteiger partial charge in [-0.25, -0.2) is 13.1 Å². The molecule has 0 fully saturated rings. The lowest BCUT2D eigenvalue weighted by atomic mass is 10.1. The molecule has 0 rings (SSSR count). The van der Waals surface area contributed by atoms with Crippen LogP contribution in [0.2, 0.25) is 0 Å². The summed E-state index contributed by atoms with van der Waals surface area (Å²) in [6.45, 7) is 9.55. The van der Waals surface area contributed by atoms with Crippen LogP contribution >= 0.6 is 0 Å². The average molecular weight is 250 g/mol. The summed E-state index contributed by atoms with van der Waals surface area (Å²) in [6.07, 6.45) is 1.90. The predicted octanol–water partition coefficient (Wildman–Crippen LogP) is 1.34. The van der Waals surface area contributed by atoms with Crippen molar-refractivity contribution in [3.63, 3.8) is 0 Å². The fourth-order valence-electron chi connectivity index (χ4n) is 1.63. The van der Waals surface area contributed by atoms with E-state index in [-0.39, 0.29) is 11.8 Å². The Morgan fingerprint density at radius 2 is 1.75 bits per heavy atom. The summed E-state index contributed by atoms with van der Waals surface area (Å²) in [5, 5.41) is 3.09. The topological polar surface area (TPSA) is 58.2 Å². The molecule has 0 bridgehead atoms. The maximum atomic E-state index is 11.6. The van der Waals surface area contributed by atoms with Crippen molar-refractivity contribution < 1.29 is 8.42 Å². The van der Waals surface area contributed by atoms with Crippen molar-refractivity contribution in [2.75, 3.05) is 18.8 Å². The van der Waals surface area contributed by atoms with E-state index in [9.17, 15) is 8.42 Å². The quantitative estimate of drug-likeness (QED) is 0.607. The van der Waals surface area contributed by atoms with E-state index in [0.29, 0.717) is 12.5 Å². The molecule has 98 valence electrons. The van der Waals surface area contributed by atoms with Gasteiger partial charge in [0.25, 0.3) is 0 Å². The zero-order valence-corrected chi connectivity index (χ0v) is 11.7. The van der Waals surface area contributed by atoms with Gasteiger partial charge in [0.2, 0.25) is 10.0 Å². The lowest BCUT2D eigenvalue weighted by molar-refractivity contribution is 0.482. The maximum absolute atomic E-state index is 11.6. The molecule has 1 unspecified atom stereocenters. The van der Waals surface area contributed by atoms with Crippen molar-refractivity contribution in [1.29, 1.82) is 0 Å². The van der Waals surface area contributed by atoms with E-state index in [1.165, 1.54) is 0 Å². The Balaban J connectivity index is 3.86. The minimum absolute atomic E-state index is 0.0242. The van der Waals surface area contributed by atoms with Crippen LogP contribution in [0.15, 0.2) is 0 Å². The van der Waals surface area contributed by atoms with Gasteiger partial charge in [-0.3, -0.25) is 0 Å². The summed E-state index contributed by atoms with van der Waals surface area (Å²) < 4.78 is 26.0. The second-order valence-electron chi connectivity index (χ2n) is 4.72. The molecule has 0 saturated heterocycles. The Labute approximate surface area is 100 Å². The van der Waals surface area contributed by atoms with Crippen LogP contribution < -0.4 is 10.0 Å². The van der Waals surface area contributed by atoms with Gasteiger partial charge >= 0.3 is 0 Å². The fourth-order valence-corrected chi connectivity index (χ4v) is 2.87. The van der Waals surface area contributed by atoms with E-state index in [1.807, 2.05) is 6.92 Å². The van der Waals surface area contributed by atoms with Crippen LogP contribution in [0.3, 0.4) is 0 Å². The van der Waals surface area contributed by atoms with Gasteiger partial charge in [0, 0.05) is 12.6 Å². The van der Waals surface area contributed by atoms with Gasteiger partial charge in [0.05, 0.1) is 5.75 Å². The molecule has 4 nitrogen and oxygen atoms in total. The molecule has 0 aliphatic rings. The maximum Gasteiger partial charge on any atom is 0.213 e. The lowest BCUT2D eigenvalue weighted by Gasteiger charge is -2.16. The SMILES string of the molecule is CCCNCCS(=O)(=O)NC(C)CC(C)C. The van der Waals surface area contributed by atoms with Crippen molar-refractivity contribution in [3.8, 4) is 0 Å². The first-order valence-electron chi connectivity index (χ1n) is 6.08. The van der Waals surface area contributed by atoms with E-state index >= 15 is 0 Å². The molecule has 0 aromatic rings.